The van der Waals surface area contributed by atoms with Crippen LogP contribution in [0.5, 0.6) is 0 Å². The highest BCUT2D eigenvalue weighted by Crippen LogP contribution is 2.21. The van der Waals surface area contributed by atoms with Crippen molar-refractivity contribution in [1.82, 2.24) is 5.16 Å². The summed E-state index contributed by atoms with van der Waals surface area (Å²) < 4.78 is 4.72. The molecule has 0 fully saturated rings. The zero-order chi connectivity index (χ0) is 7.68. The summed E-state index contributed by atoms with van der Waals surface area (Å²) >= 11 is 1.62. The van der Waals surface area contributed by atoms with Gasteiger partial charge in [-0.15, -0.1) is 0 Å². The van der Waals surface area contributed by atoms with Crippen LogP contribution in [0.3, 0.4) is 0 Å². The molecular weight excluding hydrogens is 160 g/mol. The average Bonchev–Trinajstić information content (AvgIpc) is 2.55. The second kappa shape index (κ2) is 2.39. The maximum Gasteiger partial charge on any atom is 0.222 e. The number of nitrogen functional groups attached to an aromatic ring is 1. The van der Waals surface area contributed by atoms with Gasteiger partial charge < -0.3 is 10.3 Å². The van der Waals surface area contributed by atoms with Crippen LogP contribution in [-0.2, 0) is 0 Å². The van der Waals surface area contributed by atoms with Crippen LogP contribution in [0.2, 0.25) is 0 Å². The molecule has 11 heavy (non-hydrogen) atoms. The van der Waals surface area contributed by atoms with Crippen molar-refractivity contribution in [3.8, 4) is 11.3 Å². The van der Waals surface area contributed by atoms with E-state index in [4.69, 9.17) is 10.3 Å². The summed E-state index contributed by atoms with van der Waals surface area (Å²) in [6.07, 6.45) is 0. The highest BCUT2D eigenvalue weighted by Gasteiger charge is 2.02. The van der Waals surface area contributed by atoms with Crippen LogP contribution < -0.4 is 5.73 Å². The number of hydrogen-bond donors (Lipinski definition) is 1. The molecule has 0 radical (unpaired) electrons. The lowest BCUT2D eigenvalue weighted by Gasteiger charge is -1.82. The van der Waals surface area contributed by atoms with Crippen LogP contribution in [0, 0.1) is 0 Å². The fraction of sp³-hybridized carbons (Fsp3) is 0. The second-order valence-corrected chi connectivity index (χ2v) is 2.91. The zero-order valence-electron chi connectivity index (χ0n) is 5.65. The van der Waals surface area contributed by atoms with E-state index in [-0.39, 0.29) is 0 Å². The molecule has 0 atom stereocenters. The van der Waals surface area contributed by atoms with Gasteiger partial charge in [0.2, 0.25) is 5.88 Å². The van der Waals surface area contributed by atoms with Crippen molar-refractivity contribution in [3.05, 3.63) is 22.9 Å². The van der Waals surface area contributed by atoms with E-state index in [0.29, 0.717) is 5.88 Å². The van der Waals surface area contributed by atoms with Gasteiger partial charge in [0.25, 0.3) is 0 Å². The van der Waals surface area contributed by atoms with Gasteiger partial charge >= 0.3 is 0 Å². The molecule has 0 bridgehead atoms. The van der Waals surface area contributed by atoms with E-state index >= 15 is 0 Å². The first-order chi connectivity index (χ1) is 5.36. The summed E-state index contributed by atoms with van der Waals surface area (Å²) in [4.78, 5) is 0. The molecule has 4 heteroatoms. The van der Waals surface area contributed by atoms with Crippen molar-refractivity contribution in [2.45, 2.75) is 0 Å². The van der Waals surface area contributed by atoms with Gasteiger partial charge in [0.15, 0.2) is 0 Å². The Kier molecular flexibility index (Phi) is 1.40. The quantitative estimate of drug-likeness (QED) is 0.704. The first-order valence-electron chi connectivity index (χ1n) is 3.11. The molecular formula is C7H6N2OS. The number of rotatable bonds is 1. The SMILES string of the molecule is Nc1cc(-c2ccsc2)no1. The Hall–Kier alpha value is -1.29. The minimum Gasteiger partial charge on any atom is -0.368 e. The summed E-state index contributed by atoms with van der Waals surface area (Å²) in [5.74, 6) is 0.353. The minimum absolute atomic E-state index is 0.353. The van der Waals surface area contributed by atoms with E-state index in [0.717, 1.165) is 11.3 Å². The summed E-state index contributed by atoms with van der Waals surface area (Å²) in [7, 11) is 0. The van der Waals surface area contributed by atoms with Crippen LogP contribution >= 0.6 is 11.3 Å². The molecule has 0 aromatic carbocycles. The van der Waals surface area contributed by atoms with E-state index in [1.165, 1.54) is 0 Å². The third-order valence-electron chi connectivity index (χ3n) is 1.35. The zero-order valence-corrected chi connectivity index (χ0v) is 6.47. The lowest BCUT2D eigenvalue weighted by Crippen LogP contribution is -1.75. The minimum atomic E-state index is 0.353. The highest BCUT2D eigenvalue weighted by atomic mass is 32.1. The van der Waals surface area contributed by atoms with Gasteiger partial charge in [0, 0.05) is 17.0 Å². The van der Waals surface area contributed by atoms with Crippen molar-refractivity contribution < 1.29 is 4.52 Å². The van der Waals surface area contributed by atoms with Gasteiger partial charge in [-0.1, -0.05) is 5.16 Å². The number of nitrogens with zero attached hydrogens (tertiary/aromatic N) is 1. The van der Waals surface area contributed by atoms with E-state index in [1.54, 1.807) is 17.4 Å². The fourth-order valence-corrected chi connectivity index (χ4v) is 1.49. The van der Waals surface area contributed by atoms with Gasteiger partial charge in [-0.05, 0) is 11.4 Å². The van der Waals surface area contributed by atoms with Gasteiger partial charge in [0.1, 0.15) is 5.69 Å². The maximum absolute atomic E-state index is 5.36. The van der Waals surface area contributed by atoms with Crippen molar-refractivity contribution in [1.29, 1.82) is 0 Å². The van der Waals surface area contributed by atoms with E-state index in [9.17, 15) is 0 Å². The van der Waals surface area contributed by atoms with Crippen LogP contribution in [0.25, 0.3) is 11.3 Å². The monoisotopic (exact) mass is 166 g/mol. The summed E-state index contributed by atoms with van der Waals surface area (Å²) in [6.45, 7) is 0. The number of thiophene rings is 1. The van der Waals surface area contributed by atoms with Crippen LogP contribution in [-0.4, -0.2) is 5.16 Å². The van der Waals surface area contributed by atoms with E-state index < -0.39 is 0 Å². The Labute approximate surface area is 67.4 Å². The smallest absolute Gasteiger partial charge is 0.222 e. The number of nitrogens with two attached hydrogens (primary N) is 1. The molecule has 0 saturated carbocycles. The second-order valence-electron chi connectivity index (χ2n) is 2.13. The predicted molar refractivity (Wildman–Crippen MR) is 44.2 cm³/mol. The predicted octanol–water partition coefficient (Wildman–Crippen LogP) is 1.99. The molecule has 2 aromatic rings. The molecule has 0 spiro atoms. The Morgan fingerprint density at radius 1 is 1.55 bits per heavy atom. The third kappa shape index (κ3) is 1.12. The Morgan fingerprint density at radius 3 is 3.00 bits per heavy atom. The Balaban J connectivity index is 2.45. The van der Waals surface area contributed by atoms with Crippen molar-refractivity contribution in [2.24, 2.45) is 0 Å². The summed E-state index contributed by atoms with van der Waals surface area (Å²) in [5.41, 5.74) is 7.21. The largest absolute Gasteiger partial charge is 0.368 e. The molecule has 2 N–H and O–H groups in total. The van der Waals surface area contributed by atoms with Gasteiger partial charge in [-0.3, -0.25) is 0 Å². The maximum atomic E-state index is 5.36. The number of anilines is 1. The molecule has 0 unspecified atom stereocenters. The van der Waals surface area contributed by atoms with Gasteiger partial charge in [-0.2, -0.15) is 11.3 Å². The van der Waals surface area contributed by atoms with Crippen LogP contribution in [0.1, 0.15) is 0 Å². The average molecular weight is 166 g/mol. The standard InChI is InChI=1S/C7H6N2OS/c8-7-3-6(9-10-7)5-1-2-11-4-5/h1-4H,8H2. The Bertz CT molecular complexity index is 339. The molecule has 0 amide bonds. The van der Waals surface area contributed by atoms with Crippen molar-refractivity contribution in [3.63, 3.8) is 0 Å². The Morgan fingerprint density at radius 2 is 2.45 bits per heavy atom. The molecule has 56 valence electrons. The van der Waals surface area contributed by atoms with Gasteiger partial charge in [-0.25, -0.2) is 0 Å². The number of aromatic nitrogens is 1. The lowest BCUT2D eigenvalue weighted by atomic mass is 10.2. The third-order valence-corrected chi connectivity index (χ3v) is 2.03. The summed E-state index contributed by atoms with van der Waals surface area (Å²) in [5, 5.41) is 7.75. The molecule has 2 heterocycles. The molecule has 0 aliphatic rings. The molecule has 3 nitrogen and oxygen atoms in total. The first kappa shape index (κ1) is 6.42. The lowest BCUT2D eigenvalue weighted by molar-refractivity contribution is 0.439. The molecule has 2 rings (SSSR count). The van der Waals surface area contributed by atoms with Crippen LogP contribution in [0.15, 0.2) is 27.4 Å². The van der Waals surface area contributed by atoms with Crippen molar-refractivity contribution in [2.75, 3.05) is 5.73 Å². The fourth-order valence-electron chi connectivity index (χ4n) is 0.836. The normalized spacial score (nSPS) is 10.2. The van der Waals surface area contributed by atoms with Crippen LogP contribution in [0.4, 0.5) is 5.88 Å². The van der Waals surface area contributed by atoms with Crippen molar-refractivity contribution >= 4 is 17.2 Å². The van der Waals surface area contributed by atoms with E-state index in [2.05, 4.69) is 5.16 Å². The molecule has 0 saturated heterocycles. The van der Waals surface area contributed by atoms with E-state index in [1.807, 2.05) is 16.8 Å². The molecule has 2 aromatic heterocycles. The topological polar surface area (TPSA) is 52.0 Å². The van der Waals surface area contributed by atoms with Gasteiger partial charge in [0.05, 0.1) is 0 Å². The molecule has 0 aliphatic heterocycles. The molecule has 0 aliphatic carbocycles. The highest BCUT2D eigenvalue weighted by molar-refractivity contribution is 7.08. The first-order valence-corrected chi connectivity index (χ1v) is 4.05. The summed E-state index contributed by atoms with van der Waals surface area (Å²) in [6, 6.07) is 3.68. The number of hydrogen-bond acceptors (Lipinski definition) is 4.